The lowest BCUT2D eigenvalue weighted by Crippen LogP contribution is -2.39. The molecule has 0 bridgehead atoms. The minimum absolute atomic E-state index is 0.00153. The van der Waals surface area contributed by atoms with E-state index in [2.05, 4.69) is 118 Å². The zero-order valence-electron chi connectivity index (χ0n) is 20.8. The number of hydrogen-bond donors (Lipinski definition) is 0. The van der Waals surface area contributed by atoms with E-state index in [9.17, 15) is 0 Å². The van der Waals surface area contributed by atoms with E-state index in [4.69, 9.17) is 4.98 Å². The molecular formula is C30H35N3. The van der Waals surface area contributed by atoms with Gasteiger partial charge in [-0.3, -0.25) is 4.90 Å². The highest BCUT2D eigenvalue weighted by Gasteiger charge is 2.47. The van der Waals surface area contributed by atoms with Crippen molar-refractivity contribution < 1.29 is 0 Å². The molecular weight excluding hydrogens is 402 g/mol. The van der Waals surface area contributed by atoms with E-state index in [0.717, 1.165) is 18.7 Å². The molecule has 0 radical (unpaired) electrons. The number of allylic oxidation sites excluding steroid dienone is 1. The van der Waals surface area contributed by atoms with Gasteiger partial charge < -0.3 is 4.90 Å². The molecule has 33 heavy (non-hydrogen) atoms. The number of hydrogen-bond acceptors (Lipinski definition) is 3. The largest absolute Gasteiger partial charge is 0.313 e. The summed E-state index contributed by atoms with van der Waals surface area (Å²) in [5.74, 6) is 1.06. The first kappa shape index (κ1) is 21.8. The Bertz CT molecular complexity index is 1200. The lowest BCUT2D eigenvalue weighted by atomic mass is 9.74. The van der Waals surface area contributed by atoms with Crippen LogP contribution in [0.25, 0.3) is 0 Å². The van der Waals surface area contributed by atoms with Crippen molar-refractivity contribution in [1.29, 1.82) is 0 Å². The monoisotopic (exact) mass is 437 g/mol. The Hall–Kier alpha value is -3.07. The smallest absolute Gasteiger partial charge is 0.159 e. The van der Waals surface area contributed by atoms with Crippen molar-refractivity contribution in [1.82, 2.24) is 4.98 Å². The van der Waals surface area contributed by atoms with Gasteiger partial charge in [-0.15, -0.1) is 0 Å². The summed E-state index contributed by atoms with van der Waals surface area (Å²) < 4.78 is 0. The molecule has 2 aliphatic rings. The van der Waals surface area contributed by atoms with Crippen LogP contribution >= 0.6 is 0 Å². The van der Waals surface area contributed by atoms with Crippen molar-refractivity contribution in [3.05, 3.63) is 89.6 Å². The molecule has 3 aromatic rings. The van der Waals surface area contributed by atoms with E-state index < -0.39 is 0 Å². The molecule has 0 spiro atoms. The van der Waals surface area contributed by atoms with Crippen LogP contribution in [0.4, 0.5) is 22.9 Å². The summed E-state index contributed by atoms with van der Waals surface area (Å²) in [7, 11) is 0. The topological polar surface area (TPSA) is 19.4 Å². The quantitative estimate of drug-likeness (QED) is 0.387. The van der Waals surface area contributed by atoms with Crippen molar-refractivity contribution in [2.24, 2.45) is 0 Å². The van der Waals surface area contributed by atoms with E-state index in [1.165, 1.54) is 33.8 Å². The maximum Gasteiger partial charge on any atom is 0.159 e. The Balaban J connectivity index is 1.88. The van der Waals surface area contributed by atoms with Gasteiger partial charge in [0.2, 0.25) is 0 Å². The van der Waals surface area contributed by atoms with Gasteiger partial charge in [0, 0.05) is 23.0 Å². The molecule has 3 heterocycles. The third kappa shape index (κ3) is 3.20. The molecule has 2 aliphatic heterocycles. The molecule has 5 rings (SSSR count). The molecule has 3 nitrogen and oxygen atoms in total. The summed E-state index contributed by atoms with van der Waals surface area (Å²) >= 11 is 0. The van der Waals surface area contributed by atoms with Gasteiger partial charge in [-0.1, -0.05) is 77.1 Å². The Morgan fingerprint density at radius 3 is 2.21 bits per heavy atom. The third-order valence-corrected chi connectivity index (χ3v) is 7.58. The molecule has 2 aromatic carbocycles. The Labute approximate surface area is 198 Å². The number of fused-ring (bicyclic) bond motifs is 5. The van der Waals surface area contributed by atoms with Crippen molar-refractivity contribution in [2.45, 2.75) is 71.4 Å². The maximum absolute atomic E-state index is 5.02. The van der Waals surface area contributed by atoms with Gasteiger partial charge in [-0.05, 0) is 66.1 Å². The van der Waals surface area contributed by atoms with E-state index >= 15 is 0 Å². The zero-order chi connectivity index (χ0) is 23.4. The van der Waals surface area contributed by atoms with Crippen molar-refractivity contribution >= 4 is 22.9 Å². The second-order valence-electron chi connectivity index (χ2n) is 10.5. The molecule has 1 aromatic heterocycles. The summed E-state index contributed by atoms with van der Waals surface area (Å²) in [6.07, 6.45) is 6.75. The summed E-state index contributed by atoms with van der Waals surface area (Å²) in [6, 6.07) is 22.0. The molecule has 1 atom stereocenters. The van der Waals surface area contributed by atoms with Crippen LogP contribution in [0.15, 0.2) is 78.5 Å². The number of rotatable bonds is 3. The highest BCUT2D eigenvalue weighted by atomic mass is 15.4. The van der Waals surface area contributed by atoms with Crippen molar-refractivity contribution in [3.63, 3.8) is 0 Å². The van der Waals surface area contributed by atoms with E-state index in [1.807, 2.05) is 6.20 Å². The minimum atomic E-state index is -0.00153. The molecule has 0 amide bonds. The number of pyridine rings is 1. The molecule has 170 valence electrons. The van der Waals surface area contributed by atoms with Crippen LogP contribution in [0.2, 0.25) is 0 Å². The summed E-state index contributed by atoms with van der Waals surface area (Å²) in [5, 5.41) is 0. The van der Waals surface area contributed by atoms with Gasteiger partial charge in [-0.25, -0.2) is 4.98 Å². The summed E-state index contributed by atoms with van der Waals surface area (Å²) in [5.41, 5.74) is 7.83. The molecule has 0 fully saturated rings. The first-order valence-corrected chi connectivity index (χ1v) is 12.2. The van der Waals surface area contributed by atoms with Crippen LogP contribution in [0.1, 0.15) is 65.5 Å². The third-order valence-electron chi connectivity index (χ3n) is 7.58. The lowest BCUT2D eigenvalue weighted by molar-refractivity contribution is 0.497. The van der Waals surface area contributed by atoms with Gasteiger partial charge in [0.15, 0.2) is 5.82 Å². The van der Waals surface area contributed by atoms with E-state index in [1.54, 1.807) is 0 Å². The summed E-state index contributed by atoms with van der Waals surface area (Å²) in [6.45, 7) is 13.8. The number of benzene rings is 2. The van der Waals surface area contributed by atoms with Crippen molar-refractivity contribution in [3.8, 4) is 0 Å². The maximum atomic E-state index is 5.02. The van der Waals surface area contributed by atoms with Gasteiger partial charge in [0.1, 0.15) is 6.17 Å². The predicted molar refractivity (Wildman–Crippen MR) is 140 cm³/mol. The zero-order valence-corrected chi connectivity index (χ0v) is 20.8. The van der Waals surface area contributed by atoms with Crippen LogP contribution in [0, 0.1) is 0 Å². The van der Waals surface area contributed by atoms with Crippen LogP contribution in [0.5, 0.6) is 0 Å². The average Bonchev–Trinajstić information content (AvgIpc) is 3.12. The second-order valence-corrected chi connectivity index (χ2v) is 10.5. The van der Waals surface area contributed by atoms with E-state index in [0.29, 0.717) is 0 Å². The van der Waals surface area contributed by atoms with Gasteiger partial charge in [0.25, 0.3) is 0 Å². The van der Waals surface area contributed by atoms with Gasteiger partial charge in [-0.2, -0.15) is 0 Å². The van der Waals surface area contributed by atoms with Crippen LogP contribution in [-0.4, -0.2) is 11.1 Å². The normalized spacial score (nSPS) is 18.8. The number of aromatic nitrogens is 1. The Morgan fingerprint density at radius 1 is 0.879 bits per heavy atom. The average molecular weight is 438 g/mol. The lowest BCUT2D eigenvalue weighted by Gasteiger charge is -2.34. The first-order chi connectivity index (χ1) is 15.8. The molecule has 0 saturated heterocycles. The highest BCUT2D eigenvalue weighted by Crippen LogP contribution is 2.56. The number of para-hydroxylation sites is 2. The minimum Gasteiger partial charge on any atom is -0.313 e. The van der Waals surface area contributed by atoms with Gasteiger partial charge >= 0.3 is 0 Å². The van der Waals surface area contributed by atoms with E-state index in [-0.39, 0.29) is 17.0 Å². The molecule has 0 aliphatic carbocycles. The number of anilines is 4. The van der Waals surface area contributed by atoms with Crippen molar-refractivity contribution in [2.75, 3.05) is 9.80 Å². The molecule has 1 unspecified atom stereocenters. The highest BCUT2D eigenvalue weighted by molar-refractivity contribution is 5.91. The number of nitrogens with zero attached hydrogens (tertiary/aromatic N) is 3. The fourth-order valence-electron chi connectivity index (χ4n) is 5.86. The fourth-order valence-corrected chi connectivity index (χ4v) is 5.86. The SMILES string of the molecule is CCC1(CC)C=C(C)C2N(c3ccccc31)c1nccc(C(C)(C)C)c1N2c1ccccc1. The molecule has 0 saturated carbocycles. The standard InChI is InChI=1S/C30H35N3/c1-7-30(8-2)20-21(3)28-32(22-14-10-9-11-15-22)26-24(29(4,5)6)18-19-31-27(26)33(28)25-17-13-12-16-23(25)30/h9-20,28H,7-8H2,1-6H3. The first-order valence-electron chi connectivity index (χ1n) is 12.2. The Kier molecular flexibility index (Phi) is 5.12. The summed E-state index contributed by atoms with van der Waals surface area (Å²) in [4.78, 5) is 10.0. The van der Waals surface area contributed by atoms with Crippen LogP contribution in [0.3, 0.4) is 0 Å². The Morgan fingerprint density at radius 2 is 1.55 bits per heavy atom. The van der Waals surface area contributed by atoms with Gasteiger partial charge in [0.05, 0.1) is 5.69 Å². The predicted octanol–water partition coefficient (Wildman–Crippen LogP) is 8.01. The fraction of sp³-hybridized carbons (Fsp3) is 0.367. The second kappa shape index (κ2) is 7.76. The molecule has 0 N–H and O–H groups in total. The van der Waals surface area contributed by atoms with Crippen LogP contribution in [-0.2, 0) is 10.8 Å². The van der Waals surface area contributed by atoms with Crippen LogP contribution < -0.4 is 9.80 Å². The molecule has 3 heteroatoms.